The zero-order valence-corrected chi connectivity index (χ0v) is 20.5. The smallest absolute Gasteiger partial charge is 0.230 e. The highest BCUT2D eigenvalue weighted by atomic mass is 16.2. The summed E-state index contributed by atoms with van der Waals surface area (Å²) in [6.07, 6.45) is 9.25. The monoisotopic (exact) mass is 449 g/mol. The molecule has 1 aromatic carbocycles. The van der Waals surface area contributed by atoms with E-state index in [0.717, 1.165) is 49.7 Å². The minimum Gasteiger partial charge on any atom is -0.312 e. The van der Waals surface area contributed by atoms with Gasteiger partial charge in [0.2, 0.25) is 5.91 Å². The number of piperidine rings is 1. The first-order chi connectivity index (χ1) is 16.1. The van der Waals surface area contributed by atoms with Crippen molar-refractivity contribution in [2.75, 3.05) is 18.0 Å². The van der Waals surface area contributed by atoms with Crippen LogP contribution < -0.4 is 4.90 Å². The molecule has 3 aliphatic rings. The lowest BCUT2D eigenvalue weighted by Crippen LogP contribution is -2.49. The summed E-state index contributed by atoms with van der Waals surface area (Å²) in [4.78, 5) is 18.0. The van der Waals surface area contributed by atoms with Crippen LogP contribution in [0.2, 0.25) is 0 Å². The summed E-state index contributed by atoms with van der Waals surface area (Å²) < 4.78 is 2.45. The molecular weight excluding hydrogens is 410 g/mol. The summed E-state index contributed by atoms with van der Waals surface area (Å²) in [5.41, 5.74) is 1.05. The highest BCUT2D eigenvalue weighted by Gasteiger charge is 2.42. The summed E-state index contributed by atoms with van der Waals surface area (Å²) in [5, 5.41) is 9.00. The molecule has 4 atom stereocenters. The van der Waals surface area contributed by atoms with E-state index in [1.807, 2.05) is 18.2 Å². The Morgan fingerprint density at radius 3 is 2.36 bits per heavy atom. The van der Waals surface area contributed by atoms with Crippen LogP contribution in [0.5, 0.6) is 0 Å². The summed E-state index contributed by atoms with van der Waals surface area (Å²) in [6, 6.07) is 12.0. The van der Waals surface area contributed by atoms with Crippen LogP contribution in [0.3, 0.4) is 0 Å². The second-order valence-electron chi connectivity index (χ2n) is 10.5. The van der Waals surface area contributed by atoms with Gasteiger partial charge in [-0.3, -0.25) is 9.69 Å². The van der Waals surface area contributed by atoms with E-state index >= 15 is 0 Å². The number of rotatable bonds is 8. The van der Waals surface area contributed by atoms with Crippen molar-refractivity contribution in [2.45, 2.75) is 96.2 Å². The minimum absolute atomic E-state index is 0.225. The van der Waals surface area contributed by atoms with Crippen molar-refractivity contribution < 1.29 is 4.79 Å². The number of hydrogen-bond donors (Lipinski definition) is 0. The van der Waals surface area contributed by atoms with Gasteiger partial charge < -0.3 is 9.47 Å². The Labute approximate surface area is 198 Å². The molecule has 2 unspecified atom stereocenters. The molecule has 2 aromatic rings. The number of amides is 1. The molecule has 5 rings (SSSR count). The maximum Gasteiger partial charge on any atom is 0.230 e. The van der Waals surface area contributed by atoms with E-state index in [-0.39, 0.29) is 5.92 Å². The summed E-state index contributed by atoms with van der Waals surface area (Å²) in [7, 11) is 0. The van der Waals surface area contributed by atoms with Crippen molar-refractivity contribution in [3.63, 3.8) is 0 Å². The lowest BCUT2D eigenvalue weighted by atomic mass is 9.84. The van der Waals surface area contributed by atoms with E-state index in [1.54, 1.807) is 0 Å². The molecule has 2 bridgehead atoms. The van der Waals surface area contributed by atoms with Crippen LogP contribution in [0, 0.1) is 12.8 Å². The Morgan fingerprint density at radius 1 is 1.06 bits per heavy atom. The largest absolute Gasteiger partial charge is 0.312 e. The molecule has 1 aromatic heterocycles. The molecule has 6 heteroatoms. The SMILES string of the molecule is CCC(C)c1nnc(C)n1C1C[C@H]2CC[C@@H](C1)N2CCN(C(=O)C1CCC1)c1ccccc1. The number of carbonyl (C=O) groups excluding carboxylic acids is 1. The van der Waals surface area contributed by atoms with Crippen molar-refractivity contribution in [3.8, 4) is 0 Å². The Bertz CT molecular complexity index is 939. The number of hydrogen-bond acceptors (Lipinski definition) is 4. The van der Waals surface area contributed by atoms with Crippen LogP contribution in [-0.4, -0.2) is 50.7 Å². The quantitative estimate of drug-likeness (QED) is 0.563. The first-order valence-electron chi connectivity index (χ1n) is 13.1. The molecule has 1 aliphatic carbocycles. The average molecular weight is 450 g/mol. The minimum atomic E-state index is 0.225. The molecule has 2 aliphatic heterocycles. The number of aryl methyl sites for hydroxylation is 1. The van der Waals surface area contributed by atoms with E-state index < -0.39 is 0 Å². The fraction of sp³-hybridized carbons (Fsp3) is 0.667. The van der Waals surface area contributed by atoms with Crippen molar-refractivity contribution in [2.24, 2.45) is 5.92 Å². The predicted molar refractivity (Wildman–Crippen MR) is 131 cm³/mol. The molecule has 2 saturated heterocycles. The molecule has 0 radical (unpaired) electrons. The van der Waals surface area contributed by atoms with Crippen molar-refractivity contribution in [1.82, 2.24) is 19.7 Å². The van der Waals surface area contributed by atoms with Crippen molar-refractivity contribution in [1.29, 1.82) is 0 Å². The molecule has 33 heavy (non-hydrogen) atoms. The summed E-state index contributed by atoms with van der Waals surface area (Å²) >= 11 is 0. The molecule has 6 nitrogen and oxygen atoms in total. The third-order valence-electron chi connectivity index (χ3n) is 8.54. The second kappa shape index (κ2) is 9.57. The fourth-order valence-electron chi connectivity index (χ4n) is 6.24. The first kappa shape index (κ1) is 22.6. The lowest BCUT2D eigenvalue weighted by molar-refractivity contribution is -0.124. The molecule has 0 N–H and O–H groups in total. The predicted octanol–water partition coefficient (Wildman–Crippen LogP) is 5.10. The molecule has 3 fully saturated rings. The Balaban J connectivity index is 1.28. The Morgan fingerprint density at radius 2 is 1.76 bits per heavy atom. The van der Waals surface area contributed by atoms with E-state index in [4.69, 9.17) is 0 Å². The van der Waals surface area contributed by atoms with Gasteiger partial charge in [-0.2, -0.15) is 0 Å². The third-order valence-corrected chi connectivity index (χ3v) is 8.54. The highest BCUT2D eigenvalue weighted by molar-refractivity contribution is 5.95. The first-order valence-corrected chi connectivity index (χ1v) is 13.1. The standard InChI is InChI=1S/C27H39N5O/c1-4-19(2)26-29-28-20(3)32(26)25-17-23-13-14-24(18-25)30(23)15-16-31(22-11-6-5-7-12-22)27(33)21-9-8-10-21/h5-7,11-12,19,21,23-25H,4,8-10,13-18H2,1-3H3/t19?,23-,24+,25?. The molecule has 178 valence electrons. The van der Waals surface area contributed by atoms with Crippen LogP contribution in [0.15, 0.2) is 30.3 Å². The number of nitrogens with zero attached hydrogens (tertiary/aromatic N) is 5. The summed E-state index contributed by atoms with van der Waals surface area (Å²) in [6.45, 7) is 8.36. The van der Waals surface area contributed by atoms with Gasteiger partial charge in [0.15, 0.2) is 0 Å². The lowest BCUT2D eigenvalue weighted by Gasteiger charge is -2.41. The van der Waals surface area contributed by atoms with Crippen LogP contribution >= 0.6 is 0 Å². The summed E-state index contributed by atoms with van der Waals surface area (Å²) in [5.74, 6) is 3.22. The molecule has 1 amide bonds. The van der Waals surface area contributed by atoms with Crippen molar-refractivity contribution in [3.05, 3.63) is 42.0 Å². The van der Waals surface area contributed by atoms with Gasteiger partial charge in [-0.05, 0) is 64.0 Å². The van der Waals surface area contributed by atoms with Crippen LogP contribution in [-0.2, 0) is 4.79 Å². The number of para-hydroxylation sites is 1. The Kier molecular flexibility index (Phi) is 6.55. The van der Waals surface area contributed by atoms with E-state index in [0.29, 0.717) is 30.0 Å². The van der Waals surface area contributed by atoms with Gasteiger partial charge in [0.25, 0.3) is 0 Å². The van der Waals surface area contributed by atoms with Gasteiger partial charge in [-0.15, -0.1) is 10.2 Å². The van der Waals surface area contributed by atoms with E-state index in [2.05, 4.69) is 57.5 Å². The molecular formula is C27H39N5O. The van der Waals surface area contributed by atoms with Crippen LogP contribution in [0.4, 0.5) is 5.69 Å². The van der Waals surface area contributed by atoms with Gasteiger partial charge >= 0.3 is 0 Å². The number of carbonyl (C=O) groups is 1. The topological polar surface area (TPSA) is 54.3 Å². The number of aromatic nitrogens is 3. The van der Waals surface area contributed by atoms with Crippen LogP contribution in [0.1, 0.15) is 88.8 Å². The molecule has 0 spiro atoms. The maximum absolute atomic E-state index is 13.2. The Hall–Kier alpha value is -2.21. The number of fused-ring (bicyclic) bond motifs is 2. The van der Waals surface area contributed by atoms with E-state index in [1.165, 1.54) is 32.1 Å². The number of benzene rings is 1. The van der Waals surface area contributed by atoms with E-state index in [9.17, 15) is 4.79 Å². The fourth-order valence-corrected chi connectivity index (χ4v) is 6.24. The molecule has 1 saturated carbocycles. The van der Waals surface area contributed by atoms with Crippen molar-refractivity contribution >= 4 is 11.6 Å². The zero-order valence-electron chi connectivity index (χ0n) is 20.5. The van der Waals surface area contributed by atoms with Gasteiger partial charge in [0.05, 0.1) is 0 Å². The highest BCUT2D eigenvalue weighted by Crippen LogP contribution is 2.42. The van der Waals surface area contributed by atoms with Gasteiger partial charge in [-0.1, -0.05) is 38.5 Å². The third kappa shape index (κ3) is 4.34. The zero-order chi connectivity index (χ0) is 22.9. The van der Waals surface area contributed by atoms with Crippen LogP contribution in [0.25, 0.3) is 0 Å². The molecule has 3 heterocycles. The van der Waals surface area contributed by atoms with Gasteiger partial charge in [-0.25, -0.2) is 0 Å². The average Bonchev–Trinajstić information content (AvgIpc) is 3.28. The normalized spacial score (nSPS) is 26.2. The second-order valence-corrected chi connectivity index (χ2v) is 10.5. The number of anilines is 1. The van der Waals surface area contributed by atoms with Gasteiger partial charge in [0, 0.05) is 48.7 Å². The van der Waals surface area contributed by atoms with Gasteiger partial charge in [0.1, 0.15) is 11.6 Å². The maximum atomic E-state index is 13.2.